The molecule has 1 atom stereocenters. The van der Waals surface area contributed by atoms with Gasteiger partial charge in [0.2, 0.25) is 15.9 Å². The van der Waals surface area contributed by atoms with Gasteiger partial charge >= 0.3 is 0 Å². The van der Waals surface area contributed by atoms with Crippen LogP contribution < -0.4 is 9.46 Å². The van der Waals surface area contributed by atoms with Crippen LogP contribution >= 0.6 is 34.8 Å². The highest BCUT2D eigenvalue weighted by atomic mass is 35.5. The van der Waals surface area contributed by atoms with Gasteiger partial charge in [0.05, 0.1) is 14.9 Å². The van der Waals surface area contributed by atoms with Crippen LogP contribution in [0.1, 0.15) is 31.0 Å². The number of pyridine rings is 1. The molecule has 5 nitrogen and oxygen atoms in total. The Balaban J connectivity index is 1.88. The van der Waals surface area contributed by atoms with E-state index in [0.717, 1.165) is 11.1 Å². The highest BCUT2D eigenvalue weighted by Gasteiger charge is 2.22. The lowest BCUT2D eigenvalue weighted by Crippen LogP contribution is -2.27. The Bertz CT molecular complexity index is 1150. The number of benzene rings is 2. The smallest absolute Gasteiger partial charge is 0.241 e. The Hall–Kier alpha value is -1.83. The van der Waals surface area contributed by atoms with Crippen molar-refractivity contribution in [2.24, 2.45) is 0 Å². The molecule has 2 aromatic carbocycles. The van der Waals surface area contributed by atoms with Gasteiger partial charge < -0.3 is 4.74 Å². The Morgan fingerprint density at radius 1 is 1.03 bits per heavy atom. The Labute approximate surface area is 191 Å². The summed E-state index contributed by atoms with van der Waals surface area (Å²) < 4.78 is 34.2. The van der Waals surface area contributed by atoms with E-state index >= 15 is 0 Å². The first kappa shape index (κ1) is 22.8. The van der Waals surface area contributed by atoms with Crippen LogP contribution in [0.2, 0.25) is 15.1 Å². The van der Waals surface area contributed by atoms with E-state index in [9.17, 15) is 8.42 Å². The maximum absolute atomic E-state index is 12.8. The first-order valence-electron chi connectivity index (χ1n) is 9.10. The van der Waals surface area contributed by atoms with Gasteiger partial charge in [-0.25, -0.2) is 18.1 Å². The molecule has 1 heterocycles. The molecule has 1 N–H and O–H groups in total. The van der Waals surface area contributed by atoms with Gasteiger partial charge in [0.1, 0.15) is 5.75 Å². The molecule has 0 radical (unpaired) electrons. The number of nitrogens with zero attached hydrogens (tertiary/aromatic N) is 1. The third-order valence-corrected chi connectivity index (χ3v) is 6.96. The second kappa shape index (κ2) is 9.54. The molecule has 0 saturated heterocycles. The number of halogens is 3. The molecule has 0 saturated carbocycles. The topological polar surface area (TPSA) is 68.3 Å². The third-order valence-electron chi connectivity index (χ3n) is 4.43. The standard InChI is InChI=1S/C21H19Cl3N2O3S/c1-3-17-18(10-11-25-21(17)29-15-6-4-14(22)5-7-15)13(2)26-30(27,28)16-8-9-19(23)20(24)12-16/h4-13,26H,3H2,1-2H3. The molecule has 0 aliphatic rings. The summed E-state index contributed by atoms with van der Waals surface area (Å²) >= 11 is 17.8. The summed E-state index contributed by atoms with van der Waals surface area (Å²) in [6.45, 7) is 3.71. The van der Waals surface area contributed by atoms with Crippen LogP contribution in [0.4, 0.5) is 0 Å². The summed E-state index contributed by atoms with van der Waals surface area (Å²) in [6.07, 6.45) is 2.19. The molecule has 0 spiro atoms. The minimum atomic E-state index is -3.82. The van der Waals surface area contributed by atoms with Gasteiger partial charge in [-0.05, 0) is 67.4 Å². The SMILES string of the molecule is CCc1c(C(C)NS(=O)(=O)c2ccc(Cl)c(Cl)c2)ccnc1Oc1ccc(Cl)cc1. The molecule has 0 bridgehead atoms. The summed E-state index contributed by atoms with van der Waals surface area (Å²) in [4.78, 5) is 4.36. The van der Waals surface area contributed by atoms with Gasteiger partial charge in [0, 0.05) is 22.8 Å². The minimum absolute atomic E-state index is 0.0356. The van der Waals surface area contributed by atoms with E-state index in [1.54, 1.807) is 43.5 Å². The van der Waals surface area contributed by atoms with Crippen LogP contribution in [0.25, 0.3) is 0 Å². The summed E-state index contributed by atoms with van der Waals surface area (Å²) in [5.74, 6) is 1.00. The van der Waals surface area contributed by atoms with Crippen LogP contribution in [0.3, 0.4) is 0 Å². The summed E-state index contributed by atoms with van der Waals surface area (Å²) in [5, 5.41) is 1.06. The predicted octanol–water partition coefficient (Wildman–Crippen LogP) is 6.44. The van der Waals surface area contributed by atoms with E-state index in [4.69, 9.17) is 39.5 Å². The van der Waals surface area contributed by atoms with Crippen molar-refractivity contribution in [1.29, 1.82) is 0 Å². The van der Waals surface area contributed by atoms with Crippen LogP contribution in [-0.4, -0.2) is 13.4 Å². The zero-order valence-electron chi connectivity index (χ0n) is 16.2. The fraction of sp³-hybridized carbons (Fsp3) is 0.190. The van der Waals surface area contributed by atoms with Gasteiger partial charge in [-0.3, -0.25) is 0 Å². The van der Waals surface area contributed by atoms with Crippen molar-refractivity contribution in [3.05, 3.63) is 80.9 Å². The number of hydrogen-bond acceptors (Lipinski definition) is 4. The number of ether oxygens (including phenoxy) is 1. The largest absolute Gasteiger partial charge is 0.439 e. The molecule has 158 valence electrons. The lowest BCUT2D eigenvalue weighted by molar-refractivity contribution is 0.454. The van der Waals surface area contributed by atoms with Crippen molar-refractivity contribution in [3.63, 3.8) is 0 Å². The average Bonchev–Trinajstić information content (AvgIpc) is 2.71. The number of nitrogens with one attached hydrogen (secondary N) is 1. The fourth-order valence-electron chi connectivity index (χ4n) is 2.96. The normalized spacial score (nSPS) is 12.6. The summed E-state index contributed by atoms with van der Waals surface area (Å²) in [5.41, 5.74) is 1.57. The second-order valence-corrected chi connectivity index (χ2v) is 9.48. The first-order chi connectivity index (χ1) is 14.2. The van der Waals surface area contributed by atoms with Gasteiger partial charge in [0.25, 0.3) is 0 Å². The van der Waals surface area contributed by atoms with E-state index in [1.807, 2.05) is 6.92 Å². The minimum Gasteiger partial charge on any atom is -0.439 e. The maximum Gasteiger partial charge on any atom is 0.241 e. The van der Waals surface area contributed by atoms with Crippen molar-refractivity contribution < 1.29 is 13.2 Å². The van der Waals surface area contributed by atoms with Crippen LogP contribution in [0.5, 0.6) is 11.6 Å². The van der Waals surface area contributed by atoms with Crippen LogP contribution in [-0.2, 0) is 16.4 Å². The number of sulfonamides is 1. The molecule has 0 aliphatic carbocycles. The highest BCUT2D eigenvalue weighted by Crippen LogP contribution is 2.31. The molecular formula is C21H19Cl3N2O3S. The molecule has 0 fully saturated rings. The molecule has 0 aliphatic heterocycles. The van der Waals surface area contributed by atoms with Crippen molar-refractivity contribution in [2.75, 3.05) is 0 Å². The Kier molecular flexibility index (Phi) is 7.26. The molecular weight excluding hydrogens is 467 g/mol. The molecule has 3 rings (SSSR count). The quantitative estimate of drug-likeness (QED) is 0.418. The Morgan fingerprint density at radius 2 is 1.73 bits per heavy atom. The Morgan fingerprint density at radius 3 is 2.37 bits per heavy atom. The molecule has 1 aromatic heterocycles. The molecule has 9 heteroatoms. The molecule has 30 heavy (non-hydrogen) atoms. The summed E-state index contributed by atoms with van der Waals surface area (Å²) in [7, 11) is -3.82. The monoisotopic (exact) mass is 484 g/mol. The van der Waals surface area contributed by atoms with Gasteiger partial charge in [-0.2, -0.15) is 0 Å². The number of rotatable bonds is 7. The van der Waals surface area contributed by atoms with Gasteiger partial charge in [0.15, 0.2) is 0 Å². The summed E-state index contributed by atoms with van der Waals surface area (Å²) in [6, 6.07) is 12.3. The van der Waals surface area contributed by atoms with Crippen molar-refractivity contribution in [2.45, 2.75) is 31.2 Å². The van der Waals surface area contributed by atoms with E-state index < -0.39 is 16.1 Å². The fourth-order valence-corrected chi connectivity index (χ4v) is 4.70. The predicted molar refractivity (Wildman–Crippen MR) is 120 cm³/mol. The molecule has 3 aromatic rings. The third kappa shape index (κ3) is 5.25. The zero-order chi connectivity index (χ0) is 21.9. The van der Waals surface area contributed by atoms with E-state index in [-0.39, 0.29) is 14.9 Å². The zero-order valence-corrected chi connectivity index (χ0v) is 19.3. The number of hydrogen-bond donors (Lipinski definition) is 1. The second-order valence-electron chi connectivity index (χ2n) is 6.51. The van der Waals surface area contributed by atoms with Gasteiger partial charge in [-0.15, -0.1) is 0 Å². The van der Waals surface area contributed by atoms with E-state index in [1.165, 1.54) is 18.2 Å². The molecule has 0 amide bonds. The number of aromatic nitrogens is 1. The molecule has 1 unspecified atom stereocenters. The lowest BCUT2D eigenvalue weighted by atomic mass is 10.0. The van der Waals surface area contributed by atoms with Crippen LogP contribution in [0.15, 0.2) is 59.6 Å². The first-order valence-corrected chi connectivity index (χ1v) is 11.7. The van der Waals surface area contributed by atoms with Crippen molar-refractivity contribution in [3.8, 4) is 11.6 Å². The average molecular weight is 486 g/mol. The van der Waals surface area contributed by atoms with Crippen molar-refractivity contribution >= 4 is 44.8 Å². The van der Waals surface area contributed by atoms with Crippen molar-refractivity contribution in [1.82, 2.24) is 9.71 Å². The maximum atomic E-state index is 12.8. The highest BCUT2D eigenvalue weighted by molar-refractivity contribution is 7.89. The van der Waals surface area contributed by atoms with E-state index in [0.29, 0.717) is 23.1 Å². The van der Waals surface area contributed by atoms with E-state index in [2.05, 4.69) is 9.71 Å². The lowest BCUT2D eigenvalue weighted by Gasteiger charge is -2.19. The van der Waals surface area contributed by atoms with Gasteiger partial charge in [-0.1, -0.05) is 41.7 Å². The van der Waals surface area contributed by atoms with Crippen LogP contribution in [0, 0.1) is 0 Å².